The summed E-state index contributed by atoms with van der Waals surface area (Å²) < 4.78 is 5.58. The van der Waals surface area contributed by atoms with Gasteiger partial charge in [0.2, 0.25) is 5.89 Å². The number of rotatable bonds is 6. The van der Waals surface area contributed by atoms with Crippen LogP contribution in [0.25, 0.3) is 0 Å². The topological polar surface area (TPSA) is 63.8 Å². The average molecular weight is 312 g/mol. The van der Waals surface area contributed by atoms with Gasteiger partial charge in [0.1, 0.15) is 5.01 Å². The van der Waals surface area contributed by atoms with Gasteiger partial charge < -0.3 is 9.73 Å². The molecule has 2 rings (SSSR count). The summed E-state index contributed by atoms with van der Waals surface area (Å²) in [5, 5.41) is 14.5. The van der Waals surface area contributed by atoms with Crippen molar-refractivity contribution in [3.63, 3.8) is 0 Å². The highest BCUT2D eigenvalue weighted by atomic mass is 32.2. The maximum atomic E-state index is 5.58. The molecule has 2 aromatic rings. The first-order valence-electron chi connectivity index (χ1n) is 6.49. The van der Waals surface area contributed by atoms with Gasteiger partial charge in [0.15, 0.2) is 0 Å². The summed E-state index contributed by atoms with van der Waals surface area (Å²) in [7, 11) is 0. The van der Waals surface area contributed by atoms with E-state index < -0.39 is 0 Å². The molecule has 2 aromatic heterocycles. The van der Waals surface area contributed by atoms with Gasteiger partial charge in [0.25, 0.3) is 0 Å². The van der Waals surface area contributed by atoms with Crippen molar-refractivity contribution in [2.75, 3.05) is 18.1 Å². The van der Waals surface area contributed by atoms with Crippen LogP contribution in [0, 0.1) is 0 Å². The van der Waals surface area contributed by atoms with Crippen LogP contribution < -0.4 is 5.32 Å². The lowest BCUT2D eigenvalue weighted by Crippen LogP contribution is -2.11. The molecule has 7 heteroatoms. The van der Waals surface area contributed by atoms with Gasteiger partial charge in [-0.3, -0.25) is 0 Å². The molecule has 0 unspecified atom stereocenters. The number of nitrogens with one attached hydrogen (secondary N) is 1. The number of hydrogen-bond acceptors (Lipinski definition) is 7. The fraction of sp³-hybridized carbons (Fsp3) is 0.615. The van der Waals surface area contributed by atoms with Crippen LogP contribution in [0.3, 0.4) is 0 Å². The molecule has 5 nitrogen and oxygen atoms in total. The second kappa shape index (κ2) is 6.58. The van der Waals surface area contributed by atoms with Crippen molar-refractivity contribution in [3.05, 3.63) is 22.0 Å². The molecule has 0 amide bonds. The molecule has 2 heterocycles. The van der Waals surface area contributed by atoms with Crippen LogP contribution in [0.15, 0.2) is 9.80 Å². The minimum Gasteiger partial charge on any atom is -0.408 e. The van der Waals surface area contributed by atoms with Crippen LogP contribution in [0.1, 0.15) is 37.4 Å². The lowest BCUT2D eigenvalue weighted by atomic mass is 9.97. The zero-order chi connectivity index (χ0) is 14.6. The second-order valence-electron chi connectivity index (χ2n) is 5.50. The fourth-order valence-corrected chi connectivity index (χ4v) is 3.10. The first kappa shape index (κ1) is 15.3. The Balaban J connectivity index is 1.82. The highest BCUT2D eigenvalue weighted by Gasteiger charge is 2.21. The lowest BCUT2D eigenvalue weighted by Gasteiger charge is -2.10. The van der Waals surface area contributed by atoms with Crippen molar-refractivity contribution >= 4 is 29.1 Å². The molecule has 0 saturated heterocycles. The van der Waals surface area contributed by atoms with Gasteiger partial charge in [-0.2, -0.15) is 11.8 Å². The van der Waals surface area contributed by atoms with Crippen LogP contribution in [0.5, 0.6) is 0 Å². The minimum atomic E-state index is -0.117. The van der Waals surface area contributed by atoms with Crippen LogP contribution in [-0.4, -0.2) is 28.0 Å². The second-order valence-corrected chi connectivity index (χ2v) is 7.31. The zero-order valence-corrected chi connectivity index (χ0v) is 13.9. The summed E-state index contributed by atoms with van der Waals surface area (Å²) in [6.45, 7) is 6.89. The van der Waals surface area contributed by atoms with Crippen molar-refractivity contribution in [1.82, 2.24) is 15.2 Å². The number of thioether (sulfide) groups is 1. The van der Waals surface area contributed by atoms with Gasteiger partial charge in [0.05, 0.1) is 5.69 Å². The van der Waals surface area contributed by atoms with E-state index in [4.69, 9.17) is 4.42 Å². The van der Waals surface area contributed by atoms with Gasteiger partial charge in [-0.25, -0.2) is 4.98 Å². The highest BCUT2D eigenvalue weighted by molar-refractivity contribution is 7.97. The van der Waals surface area contributed by atoms with Gasteiger partial charge >= 0.3 is 6.01 Å². The predicted molar refractivity (Wildman–Crippen MR) is 84.5 cm³/mol. The predicted octanol–water partition coefficient (Wildman–Crippen LogP) is 3.34. The Kier molecular flexibility index (Phi) is 5.04. The number of thiazole rings is 1. The van der Waals surface area contributed by atoms with E-state index >= 15 is 0 Å². The van der Waals surface area contributed by atoms with Gasteiger partial charge in [-0.1, -0.05) is 25.9 Å². The van der Waals surface area contributed by atoms with Crippen molar-refractivity contribution in [1.29, 1.82) is 0 Å². The van der Waals surface area contributed by atoms with Crippen LogP contribution in [0.2, 0.25) is 0 Å². The van der Waals surface area contributed by atoms with Gasteiger partial charge in [-0.05, 0) is 6.26 Å². The first-order valence-corrected chi connectivity index (χ1v) is 8.76. The number of hydrogen-bond donors (Lipinski definition) is 1. The molecule has 0 bridgehead atoms. The first-order chi connectivity index (χ1) is 9.49. The van der Waals surface area contributed by atoms with Crippen molar-refractivity contribution in [3.8, 4) is 0 Å². The van der Waals surface area contributed by atoms with E-state index in [0.717, 1.165) is 24.4 Å². The van der Waals surface area contributed by atoms with Crippen molar-refractivity contribution < 1.29 is 4.42 Å². The third-order valence-corrected chi connectivity index (χ3v) is 4.23. The molecule has 0 aliphatic heterocycles. The monoisotopic (exact) mass is 312 g/mol. The molecular weight excluding hydrogens is 292 g/mol. The van der Waals surface area contributed by atoms with E-state index in [1.807, 2.05) is 20.8 Å². The van der Waals surface area contributed by atoms with E-state index in [1.165, 1.54) is 5.01 Å². The highest BCUT2D eigenvalue weighted by Crippen LogP contribution is 2.22. The zero-order valence-electron chi connectivity index (χ0n) is 12.3. The normalized spacial score (nSPS) is 11.8. The van der Waals surface area contributed by atoms with Crippen molar-refractivity contribution in [2.24, 2.45) is 0 Å². The van der Waals surface area contributed by atoms with E-state index in [9.17, 15) is 0 Å². The SMILES string of the molecule is CSCc1nc(CCNc2nnc(C(C)(C)C)o2)cs1. The van der Waals surface area contributed by atoms with Crippen LogP contribution in [-0.2, 0) is 17.6 Å². The van der Waals surface area contributed by atoms with Crippen LogP contribution >= 0.6 is 23.1 Å². The number of anilines is 1. The summed E-state index contributed by atoms with van der Waals surface area (Å²) in [5.41, 5.74) is 0.997. The molecule has 110 valence electrons. The quantitative estimate of drug-likeness (QED) is 0.882. The van der Waals surface area contributed by atoms with Gasteiger partial charge in [-0.15, -0.1) is 16.4 Å². The Hall–Kier alpha value is -1.08. The number of nitrogens with zero attached hydrogens (tertiary/aromatic N) is 3. The molecule has 0 spiro atoms. The largest absolute Gasteiger partial charge is 0.408 e. The smallest absolute Gasteiger partial charge is 0.315 e. The van der Waals surface area contributed by atoms with E-state index in [0.29, 0.717) is 11.9 Å². The fourth-order valence-electron chi connectivity index (χ4n) is 1.55. The third-order valence-electron chi connectivity index (χ3n) is 2.59. The molecule has 0 aliphatic rings. The molecule has 0 fully saturated rings. The average Bonchev–Trinajstić information content (AvgIpc) is 2.98. The Morgan fingerprint density at radius 2 is 2.15 bits per heavy atom. The molecular formula is C13H20N4OS2. The Labute approximate surface area is 127 Å². The maximum Gasteiger partial charge on any atom is 0.315 e. The van der Waals surface area contributed by atoms with Crippen LogP contribution in [0.4, 0.5) is 6.01 Å². The summed E-state index contributed by atoms with van der Waals surface area (Å²) in [5.74, 6) is 1.63. The minimum absolute atomic E-state index is 0.117. The van der Waals surface area contributed by atoms with Gasteiger partial charge in [0, 0.05) is 29.5 Å². The number of aromatic nitrogens is 3. The molecule has 0 aliphatic carbocycles. The standard InChI is InChI=1S/C13H20N4OS2/c1-13(2,3)11-16-17-12(18-11)14-6-5-9-7-20-10(15-9)8-19-4/h7H,5-6,8H2,1-4H3,(H,14,17). The van der Waals surface area contributed by atoms with E-state index in [2.05, 4.69) is 32.1 Å². The molecule has 0 aromatic carbocycles. The molecule has 20 heavy (non-hydrogen) atoms. The molecule has 0 saturated carbocycles. The van der Waals surface area contributed by atoms with E-state index in [-0.39, 0.29) is 5.41 Å². The maximum absolute atomic E-state index is 5.58. The summed E-state index contributed by atoms with van der Waals surface area (Å²) in [6, 6.07) is 0.481. The molecule has 0 atom stereocenters. The van der Waals surface area contributed by atoms with Crippen molar-refractivity contribution in [2.45, 2.75) is 38.4 Å². The Bertz CT molecular complexity index is 545. The Morgan fingerprint density at radius 1 is 1.35 bits per heavy atom. The summed E-state index contributed by atoms with van der Waals surface area (Å²) in [4.78, 5) is 4.57. The third kappa shape index (κ3) is 4.21. The lowest BCUT2D eigenvalue weighted by molar-refractivity contribution is 0.399. The van der Waals surface area contributed by atoms with E-state index in [1.54, 1.807) is 23.1 Å². The molecule has 0 radical (unpaired) electrons. The summed E-state index contributed by atoms with van der Waals surface area (Å²) >= 11 is 3.51. The summed E-state index contributed by atoms with van der Waals surface area (Å²) in [6.07, 6.45) is 2.95. The molecule has 1 N–H and O–H groups in total. The Morgan fingerprint density at radius 3 is 2.80 bits per heavy atom.